The van der Waals surface area contributed by atoms with E-state index in [1.54, 1.807) is 0 Å². The van der Waals surface area contributed by atoms with Crippen molar-refractivity contribution in [2.75, 3.05) is 20.0 Å². The monoisotopic (exact) mass is 1030 g/mol. The second-order valence-corrected chi connectivity index (χ2v) is 16.9. The van der Waals surface area contributed by atoms with Crippen molar-refractivity contribution in [3.8, 4) is 23.0 Å². The molecule has 0 fully saturated rings. The van der Waals surface area contributed by atoms with E-state index in [1.807, 2.05) is 233 Å². The SMILES string of the molecule is Clc1nc(Cl)nc(N(c2ccccc2)c2ccccc2)n1.Clc1nc(N(c2ccccc2)c2ccccc2)nc(N2c3ccccc3Oc3ccccc32)n1.[CH2-]CCC.[Li+].c1ccc2c(c1)Nc1ccccc1O2. The average molecular weight is 1030 g/mol. The van der Waals surface area contributed by atoms with Crippen LogP contribution in [-0.4, -0.2) is 29.9 Å². The van der Waals surface area contributed by atoms with Crippen LogP contribution in [0.2, 0.25) is 15.9 Å². The van der Waals surface area contributed by atoms with Crippen molar-refractivity contribution in [3.63, 3.8) is 0 Å². The van der Waals surface area contributed by atoms with Crippen molar-refractivity contribution >= 4 is 98.1 Å². The third-order valence-electron chi connectivity index (χ3n) is 10.9. The number of fused-ring (bicyclic) bond motifs is 4. The number of para-hydroxylation sites is 12. The second-order valence-electron chi connectivity index (χ2n) is 15.8. The molecule has 2 aliphatic rings. The summed E-state index contributed by atoms with van der Waals surface area (Å²) in [6, 6.07) is 70.7. The quantitative estimate of drug-likeness (QED) is 0.115. The van der Waals surface area contributed by atoms with Crippen molar-refractivity contribution in [1.82, 2.24) is 29.9 Å². The molecule has 12 nitrogen and oxygen atoms in total. The fraction of sp³-hybridized carbons (Fsp3) is 0.0517. The minimum atomic E-state index is 0. The van der Waals surface area contributed by atoms with E-state index in [4.69, 9.17) is 49.3 Å². The smallest absolute Gasteiger partial charge is 0.453 e. The normalized spacial score (nSPS) is 11.1. The molecule has 0 saturated carbocycles. The Morgan fingerprint density at radius 2 is 0.730 bits per heavy atom. The molecule has 10 aromatic rings. The van der Waals surface area contributed by atoms with Gasteiger partial charge < -0.3 is 21.7 Å². The number of hydrogen-bond donors (Lipinski definition) is 1. The van der Waals surface area contributed by atoms with Crippen LogP contribution in [0.4, 0.5) is 63.3 Å². The summed E-state index contributed by atoms with van der Waals surface area (Å²) in [4.78, 5) is 31.8. The summed E-state index contributed by atoms with van der Waals surface area (Å²) < 4.78 is 11.8. The molecule has 0 spiro atoms. The molecule has 4 heterocycles. The number of halogens is 3. The molecule has 0 bridgehead atoms. The Kier molecular flexibility index (Phi) is 18.1. The van der Waals surface area contributed by atoms with E-state index in [0.717, 1.165) is 63.4 Å². The van der Waals surface area contributed by atoms with Crippen LogP contribution in [0.1, 0.15) is 19.8 Å². The van der Waals surface area contributed by atoms with Crippen LogP contribution in [0.15, 0.2) is 218 Å². The van der Waals surface area contributed by atoms with E-state index in [9.17, 15) is 0 Å². The fourth-order valence-corrected chi connectivity index (χ4v) is 8.02. The minimum absolute atomic E-state index is 0. The number of nitrogens with one attached hydrogen (secondary N) is 1. The van der Waals surface area contributed by atoms with E-state index in [2.05, 4.69) is 44.1 Å². The van der Waals surface area contributed by atoms with E-state index in [-0.39, 0.29) is 34.7 Å². The molecule has 8 aromatic carbocycles. The predicted octanol–water partition coefficient (Wildman–Crippen LogP) is 14.4. The van der Waals surface area contributed by atoms with Crippen LogP contribution in [0.3, 0.4) is 0 Å². The standard InChI is InChI=1S/C27H18ClN5O.C15H10Cl2N4.C12H9NO.C4H9.Li/c28-25-29-26(32(19-11-3-1-4-12-19)20-13-5-2-6-14-20)31-27(30-25)33-21-15-7-9-17-23(21)34-24-18-10-8-16-22(24)33;16-13-18-14(17)20-15(19-13)21(11-7-3-1-4-8-11)12-9-5-2-6-10-12;1-3-7-11-9(5-1)13-10-6-2-4-8-12(10)14-11;1-3-4-2;/h1-18H;1-10H;1-8,13H;1,3-4H2,2H3;/q;;;-1;+1. The van der Waals surface area contributed by atoms with Gasteiger partial charge in [0, 0.05) is 22.7 Å². The molecule has 0 aliphatic carbocycles. The molecule has 0 unspecified atom stereocenters. The maximum atomic E-state index is 6.50. The van der Waals surface area contributed by atoms with Gasteiger partial charge in [0.2, 0.25) is 33.7 Å². The summed E-state index contributed by atoms with van der Waals surface area (Å²) in [7, 11) is 0. The van der Waals surface area contributed by atoms with E-state index < -0.39 is 0 Å². The number of unbranched alkanes of at least 4 members (excludes halogenated alkanes) is 1. The van der Waals surface area contributed by atoms with Crippen molar-refractivity contribution in [2.24, 2.45) is 0 Å². The first-order valence-electron chi connectivity index (χ1n) is 23.2. The van der Waals surface area contributed by atoms with Gasteiger partial charge in [-0.05, 0) is 132 Å². The van der Waals surface area contributed by atoms with Gasteiger partial charge >= 0.3 is 18.9 Å². The Morgan fingerprint density at radius 1 is 0.419 bits per heavy atom. The van der Waals surface area contributed by atoms with Crippen LogP contribution in [-0.2, 0) is 0 Å². The van der Waals surface area contributed by atoms with Crippen LogP contribution >= 0.6 is 34.8 Å². The Balaban J connectivity index is 0.000000155. The number of ether oxygens (including phenoxy) is 2. The third-order valence-corrected chi connectivity index (χ3v) is 11.4. The van der Waals surface area contributed by atoms with Gasteiger partial charge in [0.25, 0.3) is 0 Å². The van der Waals surface area contributed by atoms with Gasteiger partial charge in [0.1, 0.15) is 0 Å². The first kappa shape index (κ1) is 52.4. The maximum absolute atomic E-state index is 6.50. The summed E-state index contributed by atoms with van der Waals surface area (Å²) in [6.45, 7) is 5.72. The third kappa shape index (κ3) is 12.8. The minimum Gasteiger partial charge on any atom is -0.453 e. The molecular formula is C58H46Cl3LiN10O2. The first-order chi connectivity index (χ1) is 35.9. The summed E-state index contributed by atoms with van der Waals surface area (Å²) in [5.74, 6) is 4.36. The summed E-state index contributed by atoms with van der Waals surface area (Å²) in [5.41, 5.74) is 7.30. The number of hydrogen-bond acceptors (Lipinski definition) is 12. The molecular weight excluding hydrogens is 982 g/mol. The molecule has 0 saturated heterocycles. The van der Waals surface area contributed by atoms with Crippen molar-refractivity contribution in [3.05, 3.63) is 241 Å². The maximum Gasteiger partial charge on any atom is 1.00 e. The Bertz CT molecular complexity index is 3160. The summed E-state index contributed by atoms with van der Waals surface area (Å²) in [5, 5.41) is 3.53. The number of aromatic nitrogens is 6. The largest absolute Gasteiger partial charge is 1.00 e. The second kappa shape index (κ2) is 25.6. The predicted molar refractivity (Wildman–Crippen MR) is 295 cm³/mol. The molecule has 2 aromatic heterocycles. The zero-order chi connectivity index (χ0) is 50.4. The number of anilines is 11. The van der Waals surface area contributed by atoms with Gasteiger partial charge in [0.15, 0.2) is 23.0 Å². The van der Waals surface area contributed by atoms with Crippen LogP contribution in [0, 0.1) is 6.92 Å². The van der Waals surface area contributed by atoms with Gasteiger partial charge in [-0.15, -0.1) is 0 Å². The molecule has 0 amide bonds. The van der Waals surface area contributed by atoms with Crippen LogP contribution in [0.25, 0.3) is 0 Å². The number of nitrogens with zero attached hydrogens (tertiary/aromatic N) is 9. The molecule has 1 N–H and O–H groups in total. The van der Waals surface area contributed by atoms with Gasteiger partial charge in [0.05, 0.1) is 22.7 Å². The Morgan fingerprint density at radius 3 is 1.12 bits per heavy atom. The molecule has 2 aliphatic heterocycles. The summed E-state index contributed by atoms with van der Waals surface area (Å²) >= 11 is 18.3. The van der Waals surface area contributed by atoms with Gasteiger partial charge in [-0.1, -0.05) is 135 Å². The van der Waals surface area contributed by atoms with Crippen molar-refractivity contribution < 1.29 is 28.3 Å². The van der Waals surface area contributed by atoms with E-state index in [0.29, 0.717) is 29.3 Å². The molecule has 16 heteroatoms. The fourth-order valence-electron chi connectivity index (χ4n) is 7.52. The van der Waals surface area contributed by atoms with Gasteiger partial charge in [-0.2, -0.15) is 36.3 Å². The molecule has 0 radical (unpaired) electrons. The van der Waals surface area contributed by atoms with Crippen LogP contribution in [0.5, 0.6) is 23.0 Å². The zero-order valence-electron chi connectivity index (χ0n) is 40.4. The van der Waals surface area contributed by atoms with Crippen molar-refractivity contribution in [2.45, 2.75) is 19.8 Å². The Hall–Kier alpha value is -7.95. The van der Waals surface area contributed by atoms with Crippen molar-refractivity contribution in [1.29, 1.82) is 0 Å². The van der Waals surface area contributed by atoms with Gasteiger partial charge in [-0.25, -0.2) is 0 Å². The number of rotatable bonds is 8. The summed E-state index contributed by atoms with van der Waals surface area (Å²) in [6.07, 6.45) is 2.28. The molecule has 12 rings (SSSR count). The van der Waals surface area contributed by atoms with E-state index >= 15 is 0 Å². The van der Waals surface area contributed by atoms with Crippen LogP contribution < -0.4 is 48.4 Å². The zero-order valence-corrected chi connectivity index (χ0v) is 42.6. The topological polar surface area (TPSA) is 118 Å². The average Bonchev–Trinajstić information content (AvgIpc) is 3.43. The van der Waals surface area contributed by atoms with Gasteiger partial charge in [-0.3, -0.25) is 14.7 Å². The molecule has 0 atom stereocenters. The molecule has 362 valence electrons. The molecule has 74 heavy (non-hydrogen) atoms. The number of benzene rings is 8. The first-order valence-corrected chi connectivity index (χ1v) is 24.4. The Labute approximate surface area is 457 Å². The van der Waals surface area contributed by atoms with E-state index in [1.165, 1.54) is 6.42 Å².